The topological polar surface area (TPSA) is 96.0 Å². The van der Waals surface area contributed by atoms with E-state index in [-0.39, 0.29) is 18.1 Å². The summed E-state index contributed by atoms with van der Waals surface area (Å²) in [5.41, 5.74) is 1.95. The first kappa shape index (κ1) is 27.2. The summed E-state index contributed by atoms with van der Waals surface area (Å²) in [4.78, 5) is 28.0. The van der Waals surface area contributed by atoms with Crippen molar-refractivity contribution in [3.8, 4) is 5.75 Å². The highest BCUT2D eigenvalue weighted by atomic mass is 32.2. The van der Waals surface area contributed by atoms with Crippen molar-refractivity contribution in [3.05, 3.63) is 59.7 Å². The maximum absolute atomic E-state index is 13.6. The average Bonchev–Trinajstić information content (AvgIpc) is 2.80. The zero-order valence-electron chi connectivity index (χ0n) is 20.6. The molecule has 0 aliphatic rings. The molecule has 0 aliphatic carbocycles. The second kappa shape index (κ2) is 12.4. The molecule has 34 heavy (non-hydrogen) atoms. The smallest absolute Gasteiger partial charge is 0.244 e. The van der Waals surface area contributed by atoms with Crippen LogP contribution in [-0.2, 0) is 26.2 Å². The lowest BCUT2D eigenvalue weighted by Gasteiger charge is -2.33. The molecule has 2 rings (SSSR count). The van der Waals surface area contributed by atoms with Crippen molar-refractivity contribution in [2.24, 2.45) is 0 Å². The summed E-state index contributed by atoms with van der Waals surface area (Å²) in [5, 5.41) is 2.86. The molecule has 186 valence electrons. The van der Waals surface area contributed by atoms with Crippen LogP contribution in [0, 0.1) is 6.92 Å². The van der Waals surface area contributed by atoms with Crippen molar-refractivity contribution in [3.63, 3.8) is 0 Å². The largest absolute Gasteiger partial charge is 0.495 e. The molecule has 2 amide bonds. The van der Waals surface area contributed by atoms with Gasteiger partial charge in [-0.3, -0.25) is 13.9 Å². The molecule has 2 aromatic carbocycles. The van der Waals surface area contributed by atoms with Crippen molar-refractivity contribution in [2.75, 3.05) is 30.8 Å². The van der Waals surface area contributed by atoms with Crippen LogP contribution in [0.2, 0.25) is 0 Å². The Morgan fingerprint density at radius 1 is 1.09 bits per heavy atom. The van der Waals surface area contributed by atoms with E-state index in [9.17, 15) is 18.0 Å². The summed E-state index contributed by atoms with van der Waals surface area (Å²) in [7, 11) is -2.38. The molecule has 0 fully saturated rings. The normalized spacial score (nSPS) is 12.0. The van der Waals surface area contributed by atoms with Crippen LogP contribution >= 0.6 is 0 Å². The molecule has 0 saturated carbocycles. The van der Waals surface area contributed by atoms with Gasteiger partial charge in [-0.25, -0.2) is 8.42 Å². The van der Waals surface area contributed by atoms with E-state index in [2.05, 4.69) is 5.32 Å². The number of carbonyl (C=O) groups is 2. The first-order chi connectivity index (χ1) is 16.1. The summed E-state index contributed by atoms with van der Waals surface area (Å²) in [6, 6.07) is 13.7. The van der Waals surface area contributed by atoms with E-state index in [0.717, 1.165) is 28.1 Å². The van der Waals surface area contributed by atoms with Crippen LogP contribution in [0.4, 0.5) is 5.69 Å². The van der Waals surface area contributed by atoms with Gasteiger partial charge in [0, 0.05) is 13.1 Å². The molecular weight excluding hydrogens is 454 g/mol. The minimum atomic E-state index is -3.83. The number of sulfonamides is 1. The van der Waals surface area contributed by atoms with Crippen LogP contribution in [0.15, 0.2) is 48.5 Å². The SMILES string of the molecule is CCCNC(=O)[C@@H](CC)N(Cc1ccccc1)C(=O)CN(c1cc(C)ccc1OC)S(C)(=O)=O. The van der Waals surface area contributed by atoms with Gasteiger partial charge in [0.25, 0.3) is 0 Å². The Morgan fingerprint density at radius 3 is 2.32 bits per heavy atom. The van der Waals surface area contributed by atoms with Gasteiger partial charge in [0.1, 0.15) is 18.3 Å². The molecule has 0 spiro atoms. The fraction of sp³-hybridized carbons (Fsp3) is 0.440. The summed E-state index contributed by atoms with van der Waals surface area (Å²) in [5.74, 6) is -0.393. The van der Waals surface area contributed by atoms with Gasteiger partial charge in [0.2, 0.25) is 21.8 Å². The van der Waals surface area contributed by atoms with Crippen LogP contribution < -0.4 is 14.4 Å². The number of nitrogens with one attached hydrogen (secondary N) is 1. The molecule has 0 aromatic heterocycles. The predicted octanol–water partition coefficient (Wildman–Crippen LogP) is 3.10. The maximum Gasteiger partial charge on any atom is 0.244 e. The van der Waals surface area contributed by atoms with Crippen molar-refractivity contribution in [1.29, 1.82) is 0 Å². The lowest BCUT2D eigenvalue weighted by atomic mass is 10.1. The van der Waals surface area contributed by atoms with Crippen LogP contribution in [0.5, 0.6) is 5.75 Å². The molecule has 8 nitrogen and oxygen atoms in total. The molecule has 9 heteroatoms. The third-order valence-corrected chi connectivity index (χ3v) is 6.54. The first-order valence-corrected chi connectivity index (χ1v) is 13.2. The molecule has 0 unspecified atom stereocenters. The van der Waals surface area contributed by atoms with Gasteiger partial charge in [-0.2, -0.15) is 0 Å². The van der Waals surface area contributed by atoms with Gasteiger partial charge in [-0.05, 0) is 43.0 Å². The van der Waals surface area contributed by atoms with Crippen molar-refractivity contribution in [2.45, 2.75) is 46.2 Å². The zero-order chi connectivity index (χ0) is 25.3. The van der Waals surface area contributed by atoms with E-state index in [1.807, 2.05) is 51.1 Å². The standard InChI is InChI=1S/C25H35N3O5S/c1-6-15-26-25(30)21(7-2)27(17-20-11-9-8-10-12-20)24(29)18-28(34(5,31)32)22-16-19(3)13-14-23(22)33-4/h8-14,16,21H,6-7,15,17-18H2,1-5H3,(H,26,30)/t21-/m1/s1. The molecule has 0 heterocycles. The average molecular weight is 490 g/mol. The van der Waals surface area contributed by atoms with Crippen molar-refractivity contribution < 1.29 is 22.7 Å². The molecule has 2 aromatic rings. The van der Waals surface area contributed by atoms with Gasteiger partial charge in [-0.1, -0.05) is 50.2 Å². The number of rotatable bonds is 12. The van der Waals surface area contributed by atoms with Gasteiger partial charge < -0.3 is 15.0 Å². The third kappa shape index (κ3) is 7.21. The number of anilines is 1. The first-order valence-electron chi connectivity index (χ1n) is 11.4. The Hall–Kier alpha value is -3.07. The molecule has 0 saturated heterocycles. The Kier molecular flexibility index (Phi) is 9.92. The van der Waals surface area contributed by atoms with E-state index in [4.69, 9.17) is 4.74 Å². The maximum atomic E-state index is 13.6. The quantitative estimate of drug-likeness (QED) is 0.494. The molecule has 1 atom stereocenters. The minimum Gasteiger partial charge on any atom is -0.495 e. The summed E-state index contributed by atoms with van der Waals surface area (Å²) in [6.45, 7) is 5.84. The second-order valence-electron chi connectivity index (χ2n) is 8.17. The monoisotopic (exact) mass is 489 g/mol. The highest BCUT2D eigenvalue weighted by molar-refractivity contribution is 7.92. The highest BCUT2D eigenvalue weighted by Gasteiger charge is 2.32. The van der Waals surface area contributed by atoms with Gasteiger partial charge in [0.05, 0.1) is 19.1 Å². The number of hydrogen-bond acceptors (Lipinski definition) is 5. The van der Waals surface area contributed by atoms with Gasteiger partial charge in [0.15, 0.2) is 0 Å². The molecule has 0 radical (unpaired) electrons. The Bertz CT molecular complexity index is 1070. The summed E-state index contributed by atoms with van der Waals surface area (Å²) < 4.78 is 31.9. The van der Waals surface area contributed by atoms with E-state index >= 15 is 0 Å². The number of ether oxygens (including phenoxy) is 1. The molecule has 0 bridgehead atoms. The number of amides is 2. The zero-order valence-corrected chi connectivity index (χ0v) is 21.4. The van der Waals surface area contributed by atoms with Crippen LogP contribution in [0.25, 0.3) is 0 Å². The summed E-state index contributed by atoms with van der Waals surface area (Å²) >= 11 is 0. The second-order valence-corrected chi connectivity index (χ2v) is 10.1. The van der Waals surface area contributed by atoms with E-state index in [0.29, 0.717) is 18.7 Å². The van der Waals surface area contributed by atoms with Crippen LogP contribution in [0.3, 0.4) is 0 Å². The number of aryl methyl sites for hydroxylation is 1. The Labute approximate surface area is 202 Å². The number of hydrogen-bond donors (Lipinski definition) is 1. The molecular formula is C25H35N3O5S. The lowest BCUT2D eigenvalue weighted by Crippen LogP contribution is -2.52. The van der Waals surface area contributed by atoms with Crippen LogP contribution in [-0.4, -0.2) is 57.6 Å². The Balaban J connectivity index is 2.47. The van der Waals surface area contributed by atoms with Crippen LogP contribution in [0.1, 0.15) is 37.8 Å². The number of nitrogens with zero attached hydrogens (tertiary/aromatic N) is 2. The van der Waals surface area contributed by atoms with Crippen molar-refractivity contribution >= 4 is 27.5 Å². The number of carbonyl (C=O) groups excluding carboxylic acids is 2. The van der Waals surface area contributed by atoms with Gasteiger partial charge in [-0.15, -0.1) is 0 Å². The fourth-order valence-corrected chi connectivity index (χ4v) is 4.50. The van der Waals surface area contributed by atoms with Crippen molar-refractivity contribution in [1.82, 2.24) is 10.2 Å². The van der Waals surface area contributed by atoms with Gasteiger partial charge >= 0.3 is 0 Å². The lowest BCUT2D eigenvalue weighted by molar-refractivity contribution is -0.140. The third-order valence-electron chi connectivity index (χ3n) is 5.41. The highest BCUT2D eigenvalue weighted by Crippen LogP contribution is 2.31. The number of methoxy groups -OCH3 is 1. The Morgan fingerprint density at radius 2 is 1.76 bits per heavy atom. The predicted molar refractivity (Wildman–Crippen MR) is 134 cm³/mol. The molecule has 0 aliphatic heterocycles. The molecule has 1 N–H and O–H groups in total. The van der Waals surface area contributed by atoms with E-state index < -0.39 is 28.5 Å². The summed E-state index contributed by atoms with van der Waals surface area (Å²) in [6.07, 6.45) is 2.21. The van der Waals surface area contributed by atoms with E-state index in [1.54, 1.807) is 18.2 Å². The minimum absolute atomic E-state index is 0.181. The number of benzene rings is 2. The fourth-order valence-electron chi connectivity index (χ4n) is 3.66. The van der Waals surface area contributed by atoms with E-state index in [1.165, 1.54) is 12.0 Å².